The van der Waals surface area contributed by atoms with Gasteiger partial charge < -0.3 is 4.90 Å². The molecule has 18 heavy (non-hydrogen) atoms. The van der Waals surface area contributed by atoms with Crippen molar-refractivity contribution < 1.29 is 0 Å². The molecule has 0 radical (unpaired) electrons. The van der Waals surface area contributed by atoms with E-state index in [-0.39, 0.29) is 0 Å². The molecule has 96 valence electrons. The molecule has 2 heteroatoms. The van der Waals surface area contributed by atoms with Crippen LogP contribution in [0, 0.1) is 23.2 Å². The van der Waals surface area contributed by atoms with Crippen molar-refractivity contribution in [1.29, 1.82) is 5.26 Å². The van der Waals surface area contributed by atoms with E-state index in [1.54, 1.807) is 0 Å². The molecule has 1 saturated heterocycles. The molecule has 1 fully saturated rings. The van der Waals surface area contributed by atoms with Crippen LogP contribution in [0.1, 0.15) is 38.7 Å². The highest BCUT2D eigenvalue weighted by Gasteiger charge is 2.20. The first-order valence-corrected chi connectivity index (χ1v) is 6.96. The summed E-state index contributed by atoms with van der Waals surface area (Å²) in [5, 5.41) is 9.18. The van der Waals surface area contributed by atoms with Gasteiger partial charge in [-0.25, -0.2) is 0 Å². The van der Waals surface area contributed by atoms with Crippen LogP contribution >= 0.6 is 0 Å². The minimum atomic E-state index is 0.774. The van der Waals surface area contributed by atoms with Crippen LogP contribution in [0.25, 0.3) is 0 Å². The third-order valence-corrected chi connectivity index (χ3v) is 4.08. The lowest BCUT2D eigenvalue weighted by Crippen LogP contribution is -2.25. The van der Waals surface area contributed by atoms with Gasteiger partial charge in [-0.15, -0.1) is 0 Å². The van der Waals surface area contributed by atoms with Crippen LogP contribution in [0.3, 0.4) is 0 Å². The van der Waals surface area contributed by atoms with Crippen LogP contribution < -0.4 is 4.90 Å². The zero-order valence-corrected chi connectivity index (χ0v) is 11.4. The molecule has 0 saturated carbocycles. The van der Waals surface area contributed by atoms with E-state index in [9.17, 15) is 5.26 Å². The van der Waals surface area contributed by atoms with Crippen LogP contribution in [-0.4, -0.2) is 13.1 Å². The lowest BCUT2D eigenvalue weighted by Gasteiger charge is -2.24. The second-order valence-electron chi connectivity index (χ2n) is 5.55. The second kappa shape index (κ2) is 5.91. The molecule has 1 aromatic carbocycles. The van der Waals surface area contributed by atoms with E-state index < -0.39 is 0 Å². The summed E-state index contributed by atoms with van der Waals surface area (Å²) in [7, 11) is 0. The first-order chi connectivity index (χ1) is 8.72. The molecule has 0 aliphatic carbocycles. The Labute approximate surface area is 110 Å². The molecule has 0 amide bonds. The van der Waals surface area contributed by atoms with E-state index in [0.29, 0.717) is 0 Å². The summed E-state index contributed by atoms with van der Waals surface area (Å²) in [6, 6.07) is 10.3. The summed E-state index contributed by atoms with van der Waals surface area (Å²) in [5.41, 5.74) is 1.92. The van der Waals surface area contributed by atoms with Crippen molar-refractivity contribution in [3.05, 3.63) is 29.8 Å². The van der Waals surface area contributed by atoms with E-state index in [1.165, 1.54) is 19.3 Å². The van der Waals surface area contributed by atoms with Gasteiger partial charge in [0.2, 0.25) is 0 Å². The number of benzene rings is 1. The third-order valence-electron chi connectivity index (χ3n) is 4.08. The van der Waals surface area contributed by atoms with Crippen molar-refractivity contribution in [2.24, 2.45) is 11.8 Å². The van der Waals surface area contributed by atoms with Crippen molar-refractivity contribution in [3.63, 3.8) is 0 Å². The van der Waals surface area contributed by atoms with Crippen molar-refractivity contribution >= 4 is 5.69 Å². The topological polar surface area (TPSA) is 27.0 Å². The van der Waals surface area contributed by atoms with Crippen LogP contribution in [0.15, 0.2) is 24.3 Å². The van der Waals surface area contributed by atoms with Gasteiger partial charge in [0.15, 0.2) is 0 Å². The fourth-order valence-corrected chi connectivity index (χ4v) is 2.87. The van der Waals surface area contributed by atoms with Gasteiger partial charge in [-0.05, 0) is 43.2 Å². The largest absolute Gasteiger partial charge is 0.370 e. The maximum Gasteiger partial charge on any atom is 0.101 e. The summed E-state index contributed by atoms with van der Waals surface area (Å²) < 4.78 is 0. The van der Waals surface area contributed by atoms with E-state index in [2.05, 4.69) is 30.9 Å². The third kappa shape index (κ3) is 2.85. The standard InChI is InChI=1S/C16H22N2/c1-13(2)14-7-5-10-18(11-9-14)16-8-4-3-6-15(16)12-17/h3-4,6,8,13-14H,5,7,9-11H2,1-2H3. The summed E-state index contributed by atoms with van der Waals surface area (Å²) in [6.45, 7) is 6.82. The van der Waals surface area contributed by atoms with Gasteiger partial charge in [-0.2, -0.15) is 5.26 Å². The number of hydrogen-bond donors (Lipinski definition) is 0. The predicted molar refractivity (Wildman–Crippen MR) is 75.5 cm³/mol. The fraction of sp³-hybridized carbons (Fsp3) is 0.562. The minimum Gasteiger partial charge on any atom is -0.370 e. The lowest BCUT2D eigenvalue weighted by molar-refractivity contribution is 0.351. The highest BCUT2D eigenvalue weighted by atomic mass is 15.1. The molecular formula is C16H22N2. The Morgan fingerprint density at radius 2 is 2.00 bits per heavy atom. The highest BCUT2D eigenvalue weighted by Crippen LogP contribution is 2.28. The Morgan fingerprint density at radius 1 is 1.22 bits per heavy atom. The molecule has 1 aliphatic heterocycles. The fourth-order valence-electron chi connectivity index (χ4n) is 2.87. The second-order valence-corrected chi connectivity index (χ2v) is 5.55. The van der Waals surface area contributed by atoms with Crippen molar-refractivity contribution in [3.8, 4) is 6.07 Å². The lowest BCUT2D eigenvalue weighted by atomic mass is 9.89. The van der Waals surface area contributed by atoms with Gasteiger partial charge >= 0.3 is 0 Å². The Morgan fingerprint density at radius 3 is 2.72 bits per heavy atom. The van der Waals surface area contributed by atoms with E-state index in [1.807, 2.05) is 18.2 Å². The number of anilines is 1. The van der Waals surface area contributed by atoms with Gasteiger partial charge in [0.1, 0.15) is 6.07 Å². The van der Waals surface area contributed by atoms with E-state index in [4.69, 9.17) is 0 Å². The van der Waals surface area contributed by atoms with Crippen molar-refractivity contribution in [2.45, 2.75) is 33.1 Å². The quantitative estimate of drug-likeness (QED) is 0.788. The summed E-state index contributed by atoms with van der Waals surface area (Å²) in [4.78, 5) is 2.39. The first-order valence-electron chi connectivity index (χ1n) is 6.96. The smallest absolute Gasteiger partial charge is 0.101 e. The monoisotopic (exact) mass is 242 g/mol. The number of nitriles is 1. The molecule has 2 nitrogen and oxygen atoms in total. The molecule has 1 atom stereocenters. The van der Waals surface area contributed by atoms with E-state index in [0.717, 1.165) is 36.2 Å². The molecular weight excluding hydrogens is 220 g/mol. The highest BCUT2D eigenvalue weighted by molar-refractivity contribution is 5.59. The summed E-state index contributed by atoms with van der Waals surface area (Å²) in [5.74, 6) is 1.61. The summed E-state index contributed by atoms with van der Waals surface area (Å²) >= 11 is 0. The normalized spacial score (nSPS) is 20.6. The van der Waals surface area contributed by atoms with Crippen molar-refractivity contribution in [2.75, 3.05) is 18.0 Å². The van der Waals surface area contributed by atoms with Gasteiger partial charge in [-0.3, -0.25) is 0 Å². The Kier molecular flexibility index (Phi) is 4.25. The minimum absolute atomic E-state index is 0.774. The SMILES string of the molecule is CC(C)C1CCCN(c2ccccc2C#N)CC1. The molecule has 0 aromatic heterocycles. The molecule has 1 heterocycles. The predicted octanol–water partition coefficient (Wildman–Crippen LogP) is 3.82. The van der Waals surface area contributed by atoms with Crippen molar-refractivity contribution in [1.82, 2.24) is 0 Å². The summed E-state index contributed by atoms with van der Waals surface area (Å²) in [6.07, 6.45) is 3.81. The van der Waals surface area contributed by atoms with Gasteiger partial charge in [0.25, 0.3) is 0 Å². The number of para-hydroxylation sites is 1. The van der Waals surface area contributed by atoms with Crippen LogP contribution in [0.5, 0.6) is 0 Å². The molecule has 1 unspecified atom stereocenters. The zero-order chi connectivity index (χ0) is 13.0. The van der Waals surface area contributed by atoms with Gasteiger partial charge in [-0.1, -0.05) is 26.0 Å². The zero-order valence-electron chi connectivity index (χ0n) is 11.4. The Bertz CT molecular complexity index is 431. The molecule has 0 spiro atoms. The van der Waals surface area contributed by atoms with Crippen LogP contribution in [0.2, 0.25) is 0 Å². The Balaban J connectivity index is 2.13. The van der Waals surface area contributed by atoms with Crippen LogP contribution in [-0.2, 0) is 0 Å². The average molecular weight is 242 g/mol. The number of rotatable bonds is 2. The average Bonchev–Trinajstić information content (AvgIpc) is 2.64. The molecule has 0 N–H and O–H groups in total. The molecule has 1 aliphatic rings. The molecule has 0 bridgehead atoms. The molecule has 2 rings (SSSR count). The maximum absolute atomic E-state index is 9.18. The first kappa shape index (κ1) is 13.0. The number of hydrogen-bond acceptors (Lipinski definition) is 2. The van der Waals surface area contributed by atoms with E-state index >= 15 is 0 Å². The van der Waals surface area contributed by atoms with Gasteiger partial charge in [0, 0.05) is 13.1 Å². The van der Waals surface area contributed by atoms with Gasteiger partial charge in [0.05, 0.1) is 11.3 Å². The maximum atomic E-state index is 9.18. The molecule has 1 aromatic rings. The Hall–Kier alpha value is -1.49. The van der Waals surface area contributed by atoms with Crippen LogP contribution in [0.4, 0.5) is 5.69 Å². The number of nitrogens with zero attached hydrogens (tertiary/aromatic N) is 2.